The second-order valence-corrected chi connectivity index (χ2v) is 6.39. The lowest BCUT2D eigenvalue weighted by Gasteiger charge is -2.22. The number of nitrogens with zero attached hydrogens (tertiary/aromatic N) is 3. The Morgan fingerprint density at radius 1 is 1.26 bits per heavy atom. The fourth-order valence-electron chi connectivity index (χ4n) is 3.17. The third-order valence-corrected chi connectivity index (χ3v) is 4.59. The van der Waals surface area contributed by atoms with Gasteiger partial charge in [0.05, 0.1) is 17.7 Å². The van der Waals surface area contributed by atoms with Crippen molar-refractivity contribution in [1.82, 2.24) is 14.8 Å². The van der Waals surface area contributed by atoms with Crippen LogP contribution in [0.3, 0.4) is 0 Å². The second kappa shape index (κ2) is 7.80. The molecule has 3 rings (SSSR count). The van der Waals surface area contributed by atoms with Crippen LogP contribution >= 0.6 is 0 Å². The van der Waals surface area contributed by atoms with Gasteiger partial charge in [0.25, 0.3) is 0 Å². The second-order valence-electron chi connectivity index (χ2n) is 6.39. The summed E-state index contributed by atoms with van der Waals surface area (Å²) in [7, 11) is 0. The maximum absolute atomic E-state index is 12.6. The van der Waals surface area contributed by atoms with E-state index in [-0.39, 0.29) is 5.91 Å². The number of nitrogens with two attached hydrogens (primary N) is 1. The van der Waals surface area contributed by atoms with Crippen LogP contribution in [0.1, 0.15) is 18.5 Å². The molecule has 1 aromatic rings. The molecule has 0 saturated carbocycles. The molecule has 8 nitrogen and oxygen atoms in total. The van der Waals surface area contributed by atoms with Gasteiger partial charge in [0.1, 0.15) is 0 Å². The molecule has 1 spiro atoms. The summed E-state index contributed by atoms with van der Waals surface area (Å²) < 4.78 is 31.7. The summed E-state index contributed by atoms with van der Waals surface area (Å²) in [5, 5.41) is 7.12. The molecule has 3 heterocycles. The van der Waals surface area contributed by atoms with Crippen molar-refractivity contribution < 1.29 is 32.7 Å². The number of carboxylic acid groups (broad SMARTS) is 1. The Hall–Kier alpha value is -2.85. The molecule has 3 N–H and O–H groups in total. The molecular formula is C16H19F3N4O4. The SMILES string of the molecule is NC(=O)N1CCC2(CCN(Cc3ccccn3)C2=O)C1.O=C(O)C(F)(F)F. The van der Waals surface area contributed by atoms with Crippen LogP contribution in [0.4, 0.5) is 18.0 Å². The van der Waals surface area contributed by atoms with E-state index in [1.807, 2.05) is 23.1 Å². The van der Waals surface area contributed by atoms with E-state index in [1.165, 1.54) is 0 Å². The van der Waals surface area contributed by atoms with E-state index >= 15 is 0 Å². The third kappa shape index (κ3) is 4.86. The molecule has 0 aromatic carbocycles. The Labute approximate surface area is 152 Å². The number of pyridine rings is 1. The van der Waals surface area contributed by atoms with E-state index in [2.05, 4.69) is 4.98 Å². The Balaban J connectivity index is 0.000000321. The van der Waals surface area contributed by atoms with Gasteiger partial charge < -0.3 is 20.6 Å². The van der Waals surface area contributed by atoms with Crippen molar-refractivity contribution in [2.24, 2.45) is 11.1 Å². The summed E-state index contributed by atoms with van der Waals surface area (Å²) in [6.07, 6.45) is -1.84. The number of halogens is 3. The van der Waals surface area contributed by atoms with E-state index in [9.17, 15) is 22.8 Å². The molecule has 0 aliphatic carbocycles. The highest BCUT2D eigenvalue weighted by atomic mass is 19.4. The zero-order valence-electron chi connectivity index (χ0n) is 14.3. The molecule has 1 atom stereocenters. The molecule has 0 radical (unpaired) electrons. The lowest BCUT2D eigenvalue weighted by molar-refractivity contribution is -0.192. The van der Waals surface area contributed by atoms with E-state index in [0.717, 1.165) is 18.7 Å². The van der Waals surface area contributed by atoms with Crippen LogP contribution in [0, 0.1) is 5.41 Å². The number of primary amides is 1. The third-order valence-electron chi connectivity index (χ3n) is 4.59. The molecule has 148 valence electrons. The number of rotatable bonds is 2. The van der Waals surface area contributed by atoms with Crippen molar-refractivity contribution in [2.75, 3.05) is 19.6 Å². The maximum atomic E-state index is 12.6. The van der Waals surface area contributed by atoms with E-state index in [0.29, 0.717) is 26.1 Å². The van der Waals surface area contributed by atoms with Crippen LogP contribution in [-0.2, 0) is 16.1 Å². The number of aromatic nitrogens is 1. The van der Waals surface area contributed by atoms with Gasteiger partial charge in [-0.3, -0.25) is 9.78 Å². The molecule has 27 heavy (non-hydrogen) atoms. The summed E-state index contributed by atoms with van der Waals surface area (Å²) in [6.45, 7) is 2.30. The number of likely N-dealkylation sites (tertiary alicyclic amines) is 2. The number of urea groups is 1. The molecule has 1 aromatic heterocycles. The minimum absolute atomic E-state index is 0.131. The van der Waals surface area contributed by atoms with Gasteiger partial charge in [0.2, 0.25) is 5.91 Å². The van der Waals surface area contributed by atoms with Crippen LogP contribution < -0.4 is 5.73 Å². The molecule has 2 aliphatic rings. The van der Waals surface area contributed by atoms with Gasteiger partial charge in [-0.15, -0.1) is 0 Å². The van der Waals surface area contributed by atoms with Gasteiger partial charge in [-0.1, -0.05) is 6.07 Å². The number of carboxylic acids is 1. The van der Waals surface area contributed by atoms with Crippen LogP contribution in [0.25, 0.3) is 0 Å². The van der Waals surface area contributed by atoms with Crippen molar-refractivity contribution in [2.45, 2.75) is 25.6 Å². The van der Waals surface area contributed by atoms with Crippen LogP contribution in [0.2, 0.25) is 0 Å². The van der Waals surface area contributed by atoms with Gasteiger partial charge in [-0.2, -0.15) is 13.2 Å². The van der Waals surface area contributed by atoms with Crippen molar-refractivity contribution in [1.29, 1.82) is 0 Å². The first-order valence-corrected chi connectivity index (χ1v) is 8.09. The lowest BCUT2D eigenvalue weighted by atomic mass is 9.85. The molecule has 2 fully saturated rings. The number of aliphatic carboxylic acids is 1. The summed E-state index contributed by atoms with van der Waals surface area (Å²) in [5.74, 6) is -2.63. The van der Waals surface area contributed by atoms with E-state index in [1.54, 1.807) is 11.1 Å². The number of alkyl halides is 3. The van der Waals surface area contributed by atoms with E-state index < -0.39 is 23.6 Å². The van der Waals surface area contributed by atoms with Crippen LogP contribution in [0.5, 0.6) is 0 Å². The fraction of sp³-hybridized carbons (Fsp3) is 0.500. The summed E-state index contributed by atoms with van der Waals surface area (Å²) in [5.41, 5.74) is 5.78. The van der Waals surface area contributed by atoms with Gasteiger partial charge in [0, 0.05) is 25.8 Å². The predicted molar refractivity (Wildman–Crippen MR) is 86.2 cm³/mol. The fourth-order valence-corrected chi connectivity index (χ4v) is 3.17. The average Bonchev–Trinajstić information content (AvgIpc) is 3.16. The molecule has 1 unspecified atom stereocenters. The van der Waals surface area contributed by atoms with Crippen molar-refractivity contribution in [3.63, 3.8) is 0 Å². The molecular weight excluding hydrogens is 369 g/mol. The first-order valence-electron chi connectivity index (χ1n) is 8.09. The predicted octanol–water partition coefficient (Wildman–Crippen LogP) is 1.22. The van der Waals surface area contributed by atoms with Gasteiger partial charge >= 0.3 is 18.2 Å². The van der Waals surface area contributed by atoms with Crippen LogP contribution in [0.15, 0.2) is 24.4 Å². The lowest BCUT2D eigenvalue weighted by Crippen LogP contribution is -2.39. The Morgan fingerprint density at radius 3 is 2.37 bits per heavy atom. The Kier molecular flexibility index (Phi) is 5.91. The zero-order valence-corrected chi connectivity index (χ0v) is 14.3. The number of carbonyl (C=O) groups excluding carboxylic acids is 2. The quantitative estimate of drug-likeness (QED) is 0.790. The van der Waals surface area contributed by atoms with Crippen molar-refractivity contribution in [3.05, 3.63) is 30.1 Å². The minimum Gasteiger partial charge on any atom is -0.475 e. The minimum atomic E-state index is -5.08. The summed E-state index contributed by atoms with van der Waals surface area (Å²) in [6, 6.07) is 5.27. The average molecular weight is 388 g/mol. The normalized spacial score (nSPS) is 22.0. The van der Waals surface area contributed by atoms with Gasteiger partial charge in [-0.25, -0.2) is 9.59 Å². The highest BCUT2D eigenvalue weighted by Gasteiger charge is 2.51. The number of hydrogen-bond donors (Lipinski definition) is 2. The highest BCUT2D eigenvalue weighted by molar-refractivity contribution is 5.86. The summed E-state index contributed by atoms with van der Waals surface area (Å²) in [4.78, 5) is 40.4. The molecule has 3 amide bonds. The number of amides is 3. The number of carbonyl (C=O) groups is 3. The first-order chi connectivity index (χ1) is 12.5. The Bertz CT molecular complexity index is 713. The monoisotopic (exact) mass is 388 g/mol. The standard InChI is InChI=1S/C14H18N4O2.C2HF3O2/c15-13(20)18-8-5-14(10-18)4-7-17(12(14)19)9-11-3-1-2-6-16-11;3-2(4,5)1(6)7/h1-3,6H,4-5,7-10H2,(H2,15,20);(H,6,7). The molecule has 2 aliphatic heterocycles. The summed E-state index contributed by atoms with van der Waals surface area (Å²) >= 11 is 0. The maximum Gasteiger partial charge on any atom is 0.490 e. The van der Waals surface area contributed by atoms with Gasteiger partial charge in [-0.05, 0) is 25.0 Å². The molecule has 11 heteroatoms. The topological polar surface area (TPSA) is 117 Å². The van der Waals surface area contributed by atoms with Crippen molar-refractivity contribution in [3.8, 4) is 0 Å². The van der Waals surface area contributed by atoms with E-state index in [4.69, 9.17) is 15.6 Å². The zero-order chi connectivity index (χ0) is 20.2. The van der Waals surface area contributed by atoms with Crippen LogP contribution in [-0.4, -0.2) is 63.6 Å². The smallest absolute Gasteiger partial charge is 0.475 e. The first kappa shape index (κ1) is 20.5. The number of hydrogen-bond acceptors (Lipinski definition) is 4. The van der Waals surface area contributed by atoms with Crippen molar-refractivity contribution >= 4 is 17.9 Å². The van der Waals surface area contributed by atoms with Gasteiger partial charge in [0.15, 0.2) is 0 Å². The molecule has 2 saturated heterocycles. The molecule has 0 bridgehead atoms. The highest BCUT2D eigenvalue weighted by Crippen LogP contribution is 2.40. The Morgan fingerprint density at radius 2 is 1.89 bits per heavy atom. The largest absolute Gasteiger partial charge is 0.490 e.